The molecule has 0 bridgehead atoms. The Hall–Kier alpha value is -3.04. The molecule has 2 unspecified atom stereocenters. The Labute approximate surface area is 193 Å². The molecule has 0 spiro atoms. The molecule has 2 aliphatic heterocycles. The number of hydrogen-bond donors (Lipinski definition) is 3. The number of benzene rings is 1. The Bertz CT molecular complexity index is 1150. The minimum Gasteiger partial charge on any atom is -0.340 e. The molecule has 2 fully saturated rings. The number of aromatic nitrogens is 4. The number of piperazine rings is 1. The number of piperidine rings is 1. The quantitative estimate of drug-likeness (QED) is 0.547. The van der Waals surface area contributed by atoms with E-state index in [1.807, 2.05) is 12.1 Å². The van der Waals surface area contributed by atoms with Crippen molar-refractivity contribution >= 4 is 28.4 Å². The Morgan fingerprint density at radius 2 is 1.79 bits per heavy atom. The van der Waals surface area contributed by atoms with Gasteiger partial charge in [0.25, 0.3) is 5.56 Å². The molecule has 9 nitrogen and oxygen atoms in total. The Morgan fingerprint density at radius 3 is 2.52 bits per heavy atom. The molecule has 2 saturated heterocycles. The zero-order valence-electron chi connectivity index (χ0n) is 19.3. The number of aromatic amines is 1. The third-order valence-corrected chi connectivity index (χ3v) is 6.49. The lowest BCUT2D eigenvalue weighted by Gasteiger charge is -2.35. The van der Waals surface area contributed by atoms with Crippen molar-refractivity contribution in [3.63, 3.8) is 0 Å². The molecule has 9 heteroatoms. The molecule has 2 aromatic heterocycles. The maximum Gasteiger partial charge on any atom is 0.277 e. The first-order valence-corrected chi connectivity index (χ1v) is 11.8. The van der Waals surface area contributed by atoms with Crippen molar-refractivity contribution in [2.24, 2.45) is 11.8 Å². The summed E-state index contributed by atoms with van der Waals surface area (Å²) >= 11 is 0. The van der Waals surface area contributed by atoms with Crippen LogP contribution in [0.15, 0.2) is 35.3 Å². The molecule has 0 radical (unpaired) electrons. The van der Waals surface area contributed by atoms with E-state index in [1.165, 1.54) is 12.0 Å². The summed E-state index contributed by atoms with van der Waals surface area (Å²) in [5.41, 5.74) is 2.42. The highest BCUT2D eigenvalue weighted by atomic mass is 16.1. The molecule has 33 heavy (non-hydrogen) atoms. The van der Waals surface area contributed by atoms with Gasteiger partial charge in [-0.1, -0.05) is 26.0 Å². The Morgan fingerprint density at radius 1 is 1.06 bits per heavy atom. The second-order valence-corrected chi connectivity index (χ2v) is 9.53. The average molecular weight is 449 g/mol. The van der Waals surface area contributed by atoms with Gasteiger partial charge in [0.1, 0.15) is 16.7 Å². The number of rotatable bonds is 5. The largest absolute Gasteiger partial charge is 0.340 e. The summed E-state index contributed by atoms with van der Waals surface area (Å²) in [6, 6.07) is 8.36. The van der Waals surface area contributed by atoms with Gasteiger partial charge >= 0.3 is 0 Å². The van der Waals surface area contributed by atoms with Crippen LogP contribution in [-0.2, 0) is 6.54 Å². The number of nitrogens with one attached hydrogen (secondary N) is 3. The van der Waals surface area contributed by atoms with Gasteiger partial charge in [-0.25, -0.2) is 10.1 Å². The smallest absolute Gasteiger partial charge is 0.277 e. The third kappa shape index (κ3) is 4.99. The van der Waals surface area contributed by atoms with Crippen molar-refractivity contribution in [3.05, 3.63) is 46.4 Å². The van der Waals surface area contributed by atoms with Crippen LogP contribution in [0.1, 0.15) is 25.8 Å². The van der Waals surface area contributed by atoms with Gasteiger partial charge in [-0.05, 0) is 36.0 Å². The Kier molecular flexibility index (Phi) is 6.24. The van der Waals surface area contributed by atoms with E-state index in [4.69, 9.17) is 9.97 Å². The van der Waals surface area contributed by atoms with Crippen molar-refractivity contribution in [1.82, 2.24) is 30.4 Å². The molecule has 174 valence electrons. The van der Waals surface area contributed by atoms with E-state index in [-0.39, 0.29) is 5.56 Å². The van der Waals surface area contributed by atoms with Crippen molar-refractivity contribution in [2.75, 3.05) is 49.5 Å². The van der Waals surface area contributed by atoms with Gasteiger partial charge in [-0.2, -0.15) is 10.1 Å². The number of nitrogens with zero attached hydrogens (tertiary/aromatic N) is 5. The van der Waals surface area contributed by atoms with Gasteiger partial charge in [0.2, 0.25) is 5.95 Å². The van der Waals surface area contributed by atoms with E-state index in [9.17, 15) is 4.79 Å². The fraction of sp³-hybridized carbons (Fsp3) is 0.500. The summed E-state index contributed by atoms with van der Waals surface area (Å²) in [5.74, 6) is 2.31. The summed E-state index contributed by atoms with van der Waals surface area (Å²) < 4.78 is 0. The van der Waals surface area contributed by atoms with Crippen LogP contribution in [0, 0.1) is 11.8 Å². The summed E-state index contributed by atoms with van der Waals surface area (Å²) in [6.07, 6.45) is 2.80. The molecule has 0 amide bonds. The van der Waals surface area contributed by atoms with E-state index in [0.29, 0.717) is 34.5 Å². The Balaban J connectivity index is 1.42. The molecular weight excluding hydrogens is 416 g/mol. The lowest BCUT2D eigenvalue weighted by atomic mass is 9.92. The SMILES string of the molecule is CC1CC(C)CN(c2nc(Nc3ccc(CN4CCNCC4)cc3)c3c(=O)[nH]ncc3n2)C1. The standard InChI is InChI=1S/C24H32N8O/c1-16-11-17(2)14-32(13-16)24-28-20-12-26-30-23(33)21(20)22(29-24)27-19-5-3-18(4-6-19)15-31-9-7-25-8-10-31/h3-6,12,16-17,25H,7-11,13-15H2,1-2H3,(H,30,33)(H,27,28,29). The highest BCUT2D eigenvalue weighted by Crippen LogP contribution is 2.28. The van der Waals surface area contributed by atoms with E-state index < -0.39 is 0 Å². The van der Waals surface area contributed by atoms with Crippen molar-refractivity contribution < 1.29 is 0 Å². The van der Waals surface area contributed by atoms with Crippen LogP contribution in [-0.4, -0.2) is 64.3 Å². The van der Waals surface area contributed by atoms with E-state index in [0.717, 1.165) is 51.5 Å². The zero-order valence-corrected chi connectivity index (χ0v) is 19.3. The van der Waals surface area contributed by atoms with Crippen molar-refractivity contribution in [3.8, 4) is 0 Å². The van der Waals surface area contributed by atoms with Crippen LogP contribution in [0.5, 0.6) is 0 Å². The normalized spacial score (nSPS) is 21.9. The highest BCUT2D eigenvalue weighted by molar-refractivity contribution is 5.90. The first kappa shape index (κ1) is 21.8. The lowest BCUT2D eigenvalue weighted by Crippen LogP contribution is -2.42. The van der Waals surface area contributed by atoms with Crippen LogP contribution in [0.25, 0.3) is 10.9 Å². The predicted octanol–water partition coefficient (Wildman–Crippen LogP) is 2.34. The van der Waals surface area contributed by atoms with Gasteiger partial charge in [0.15, 0.2) is 0 Å². The summed E-state index contributed by atoms with van der Waals surface area (Å²) in [4.78, 5) is 26.8. The monoisotopic (exact) mass is 448 g/mol. The van der Waals surface area contributed by atoms with Crippen LogP contribution in [0.4, 0.5) is 17.5 Å². The second kappa shape index (κ2) is 9.44. The first-order valence-electron chi connectivity index (χ1n) is 11.8. The minimum atomic E-state index is -0.294. The number of anilines is 3. The molecule has 1 aromatic carbocycles. The zero-order chi connectivity index (χ0) is 22.8. The summed E-state index contributed by atoms with van der Waals surface area (Å²) in [6.45, 7) is 11.5. The van der Waals surface area contributed by atoms with Crippen LogP contribution in [0.2, 0.25) is 0 Å². The molecular formula is C24H32N8O. The maximum absolute atomic E-state index is 12.6. The van der Waals surface area contributed by atoms with Gasteiger partial charge in [0.05, 0.1) is 6.20 Å². The lowest BCUT2D eigenvalue weighted by molar-refractivity contribution is 0.233. The van der Waals surface area contributed by atoms with Crippen molar-refractivity contribution in [1.29, 1.82) is 0 Å². The summed E-state index contributed by atoms with van der Waals surface area (Å²) in [7, 11) is 0. The molecule has 5 rings (SSSR count). The van der Waals surface area contributed by atoms with Crippen LogP contribution < -0.4 is 21.1 Å². The van der Waals surface area contributed by atoms with Gasteiger partial charge in [0, 0.05) is 51.5 Å². The summed E-state index contributed by atoms with van der Waals surface area (Å²) in [5, 5.41) is 13.7. The second-order valence-electron chi connectivity index (χ2n) is 9.53. The molecule has 3 N–H and O–H groups in total. The van der Waals surface area contributed by atoms with Crippen LogP contribution in [0.3, 0.4) is 0 Å². The number of H-pyrrole nitrogens is 1. The fourth-order valence-electron chi connectivity index (χ4n) is 5.01. The molecule has 2 atom stereocenters. The molecule has 2 aliphatic rings. The third-order valence-electron chi connectivity index (χ3n) is 6.49. The number of hydrogen-bond acceptors (Lipinski definition) is 8. The minimum absolute atomic E-state index is 0.294. The van der Waals surface area contributed by atoms with Gasteiger partial charge in [-0.15, -0.1) is 0 Å². The topological polar surface area (TPSA) is 102 Å². The van der Waals surface area contributed by atoms with E-state index in [1.54, 1.807) is 6.20 Å². The van der Waals surface area contributed by atoms with Crippen molar-refractivity contribution in [2.45, 2.75) is 26.8 Å². The van der Waals surface area contributed by atoms with Gasteiger partial charge < -0.3 is 15.5 Å². The fourth-order valence-corrected chi connectivity index (χ4v) is 5.01. The van der Waals surface area contributed by atoms with Gasteiger partial charge in [-0.3, -0.25) is 9.69 Å². The molecule has 3 aromatic rings. The van der Waals surface area contributed by atoms with Crippen LogP contribution >= 0.6 is 0 Å². The first-order chi connectivity index (χ1) is 16.0. The molecule has 4 heterocycles. The van der Waals surface area contributed by atoms with E-state index >= 15 is 0 Å². The number of fused-ring (bicyclic) bond motifs is 1. The highest BCUT2D eigenvalue weighted by Gasteiger charge is 2.25. The van der Waals surface area contributed by atoms with E-state index in [2.05, 4.69) is 56.6 Å². The average Bonchev–Trinajstić information content (AvgIpc) is 2.80. The molecule has 0 saturated carbocycles. The maximum atomic E-state index is 12.6. The predicted molar refractivity (Wildman–Crippen MR) is 131 cm³/mol. The molecule has 0 aliphatic carbocycles.